The van der Waals surface area contributed by atoms with Crippen molar-refractivity contribution in [3.63, 3.8) is 0 Å². The molecule has 1 unspecified atom stereocenters. The van der Waals surface area contributed by atoms with Crippen molar-refractivity contribution >= 4 is 11.6 Å². The van der Waals surface area contributed by atoms with Gasteiger partial charge in [0.25, 0.3) is 0 Å². The molecule has 0 saturated carbocycles. The fourth-order valence-electron chi connectivity index (χ4n) is 2.95. The summed E-state index contributed by atoms with van der Waals surface area (Å²) in [5.74, 6) is 2.09. The smallest absolute Gasteiger partial charge is 0.226 e. The monoisotopic (exact) mass is 386 g/mol. The van der Waals surface area contributed by atoms with E-state index in [1.165, 1.54) is 0 Å². The normalized spacial score (nSPS) is 11.6. The minimum Gasteiger partial charge on any atom is -0.497 e. The summed E-state index contributed by atoms with van der Waals surface area (Å²) in [7, 11) is 3.15. The number of hydrogen-bond acceptors (Lipinski definition) is 5. The van der Waals surface area contributed by atoms with Crippen molar-refractivity contribution in [1.82, 2.24) is 5.32 Å². The third kappa shape index (κ3) is 6.16. The van der Waals surface area contributed by atoms with E-state index in [1.807, 2.05) is 39.0 Å². The van der Waals surface area contributed by atoms with Crippen molar-refractivity contribution in [3.8, 4) is 17.2 Å². The van der Waals surface area contributed by atoms with Crippen LogP contribution in [0, 0.1) is 13.8 Å². The Kier molecular flexibility index (Phi) is 8.14. The number of nitrogens with one attached hydrogen (secondary N) is 2. The van der Waals surface area contributed by atoms with Gasteiger partial charge in [0.2, 0.25) is 5.91 Å². The van der Waals surface area contributed by atoms with Crippen LogP contribution in [0.25, 0.3) is 0 Å². The Labute approximate surface area is 167 Å². The van der Waals surface area contributed by atoms with Gasteiger partial charge in [-0.1, -0.05) is 18.2 Å². The van der Waals surface area contributed by atoms with Gasteiger partial charge in [-0.25, -0.2) is 0 Å². The summed E-state index contributed by atoms with van der Waals surface area (Å²) in [6.45, 7) is 7.25. The van der Waals surface area contributed by atoms with Gasteiger partial charge in [0, 0.05) is 25.1 Å². The molecule has 1 amide bonds. The van der Waals surface area contributed by atoms with E-state index < -0.39 is 0 Å². The van der Waals surface area contributed by atoms with E-state index in [2.05, 4.69) is 10.6 Å². The van der Waals surface area contributed by atoms with Crippen molar-refractivity contribution in [2.45, 2.75) is 33.2 Å². The first-order chi connectivity index (χ1) is 13.4. The Balaban J connectivity index is 1.78. The van der Waals surface area contributed by atoms with Gasteiger partial charge in [0.05, 0.1) is 19.9 Å². The molecule has 6 nitrogen and oxygen atoms in total. The molecule has 0 spiro atoms. The van der Waals surface area contributed by atoms with Crippen LogP contribution in [0.1, 0.15) is 24.5 Å². The van der Waals surface area contributed by atoms with Crippen molar-refractivity contribution in [2.75, 3.05) is 32.7 Å². The second-order valence-electron chi connectivity index (χ2n) is 6.74. The molecule has 2 aromatic carbocycles. The van der Waals surface area contributed by atoms with E-state index >= 15 is 0 Å². The molecule has 0 aliphatic carbocycles. The molecule has 2 N–H and O–H groups in total. The van der Waals surface area contributed by atoms with Crippen molar-refractivity contribution in [3.05, 3.63) is 47.5 Å². The number of benzene rings is 2. The van der Waals surface area contributed by atoms with Gasteiger partial charge in [-0.3, -0.25) is 4.79 Å². The molecule has 152 valence electrons. The highest BCUT2D eigenvalue weighted by molar-refractivity contribution is 5.92. The molecular weight excluding hydrogens is 356 g/mol. The van der Waals surface area contributed by atoms with Crippen molar-refractivity contribution < 1.29 is 19.0 Å². The third-order valence-electron chi connectivity index (χ3n) is 4.42. The van der Waals surface area contributed by atoms with Gasteiger partial charge in [-0.15, -0.1) is 0 Å². The van der Waals surface area contributed by atoms with Gasteiger partial charge >= 0.3 is 0 Å². The molecule has 2 rings (SSSR count). The summed E-state index contributed by atoms with van der Waals surface area (Å²) >= 11 is 0. The molecule has 0 fully saturated rings. The lowest BCUT2D eigenvalue weighted by Crippen LogP contribution is -2.33. The van der Waals surface area contributed by atoms with Crippen LogP contribution in [-0.4, -0.2) is 39.3 Å². The van der Waals surface area contributed by atoms with Crippen molar-refractivity contribution in [1.29, 1.82) is 0 Å². The summed E-state index contributed by atoms with van der Waals surface area (Å²) in [5.41, 5.74) is 2.84. The van der Waals surface area contributed by atoms with E-state index in [9.17, 15) is 4.79 Å². The van der Waals surface area contributed by atoms with E-state index in [0.29, 0.717) is 36.8 Å². The topological polar surface area (TPSA) is 68.8 Å². The summed E-state index contributed by atoms with van der Waals surface area (Å²) in [4.78, 5) is 12.4. The SMILES string of the molecule is COc1ccc(OC)c(NC(=O)CC(C)NCCOc2c(C)cccc2C)c1. The van der Waals surface area contributed by atoms with Crippen LogP contribution >= 0.6 is 0 Å². The zero-order chi connectivity index (χ0) is 20.5. The van der Waals surface area contributed by atoms with Crippen LogP contribution in [0.4, 0.5) is 5.69 Å². The maximum Gasteiger partial charge on any atom is 0.226 e. The lowest BCUT2D eigenvalue weighted by Gasteiger charge is -2.16. The number of para-hydroxylation sites is 1. The summed E-state index contributed by atoms with van der Waals surface area (Å²) in [6.07, 6.45) is 0.337. The largest absolute Gasteiger partial charge is 0.497 e. The van der Waals surface area contributed by atoms with Gasteiger partial charge in [0.1, 0.15) is 23.9 Å². The minimum atomic E-state index is -0.0952. The first-order valence-electron chi connectivity index (χ1n) is 9.39. The number of anilines is 1. The van der Waals surface area contributed by atoms with Gasteiger partial charge in [-0.2, -0.15) is 0 Å². The van der Waals surface area contributed by atoms with Crippen LogP contribution in [0.5, 0.6) is 17.2 Å². The van der Waals surface area contributed by atoms with Crippen LogP contribution in [0.2, 0.25) is 0 Å². The molecule has 6 heteroatoms. The summed E-state index contributed by atoms with van der Waals surface area (Å²) < 4.78 is 16.4. The molecule has 0 saturated heterocycles. The molecule has 0 bridgehead atoms. The van der Waals surface area contributed by atoms with E-state index in [1.54, 1.807) is 32.4 Å². The Bertz CT molecular complexity index is 772. The number of carbonyl (C=O) groups excluding carboxylic acids is 1. The first-order valence-corrected chi connectivity index (χ1v) is 9.39. The van der Waals surface area contributed by atoms with Crippen molar-refractivity contribution in [2.24, 2.45) is 0 Å². The maximum atomic E-state index is 12.4. The molecular formula is C22H30N2O4. The minimum absolute atomic E-state index is 0.0122. The Morgan fingerprint density at radius 1 is 1.07 bits per heavy atom. The predicted octanol–water partition coefficient (Wildman–Crippen LogP) is 3.71. The summed E-state index contributed by atoms with van der Waals surface area (Å²) in [6, 6.07) is 11.4. The first kappa shape index (κ1) is 21.6. The number of aryl methyl sites for hydroxylation is 2. The highest BCUT2D eigenvalue weighted by Gasteiger charge is 2.12. The molecule has 0 radical (unpaired) electrons. The summed E-state index contributed by atoms with van der Waals surface area (Å²) in [5, 5.41) is 6.20. The molecule has 0 aromatic heterocycles. The number of hydrogen-bond donors (Lipinski definition) is 2. The number of methoxy groups -OCH3 is 2. The van der Waals surface area contributed by atoms with Gasteiger partial charge in [0.15, 0.2) is 0 Å². The average Bonchev–Trinajstić information content (AvgIpc) is 2.66. The second kappa shape index (κ2) is 10.6. The second-order valence-corrected chi connectivity index (χ2v) is 6.74. The maximum absolute atomic E-state index is 12.4. The highest BCUT2D eigenvalue weighted by atomic mass is 16.5. The molecule has 0 aliphatic rings. The van der Waals surface area contributed by atoms with Crippen LogP contribution in [0.15, 0.2) is 36.4 Å². The molecule has 0 heterocycles. The van der Waals surface area contributed by atoms with E-state index in [0.717, 1.165) is 16.9 Å². The average molecular weight is 386 g/mol. The Morgan fingerprint density at radius 3 is 2.43 bits per heavy atom. The van der Waals surface area contributed by atoms with E-state index in [-0.39, 0.29) is 11.9 Å². The molecule has 0 aliphatic heterocycles. The third-order valence-corrected chi connectivity index (χ3v) is 4.42. The quantitative estimate of drug-likeness (QED) is 0.609. The zero-order valence-electron chi connectivity index (χ0n) is 17.3. The number of rotatable bonds is 10. The standard InChI is InChI=1S/C22H30N2O4/c1-15-7-6-8-16(2)22(15)28-12-11-23-17(3)13-21(25)24-19-14-18(26-4)9-10-20(19)27-5/h6-10,14,17,23H,11-13H2,1-5H3,(H,24,25). The molecule has 2 aromatic rings. The number of carbonyl (C=O) groups is 1. The predicted molar refractivity (Wildman–Crippen MR) is 112 cm³/mol. The molecule has 28 heavy (non-hydrogen) atoms. The zero-order valence-corrected chi connectivity index (χ0v) is 17.3. The van der Waals surface area contributed by atoms with Gasteiger partial charge in [-0.05, 0) is 44.0 Å². The highest BCUT2D eigenvalue weighted by Crippen LogP contribution is 2.29. The molecule has 1 atom stereocenters. The Morgan fingerprint density at radius 2 is 1.79 bits per heavy atom. The fraction of sp³-hybridized carbons (Fsp3) is 0.409. The lowest BCUT2D eigenvalue weighted by molar-refractivity contribution is -0.116. The van der Waals surface area contributed by atoms with E-state index in [4.69, 9.17) is 14.2 Å². The number of ether oxygens (including phenoxy) is 3. The van der Waals surface area contributed by atoms with Crippen LogP contribution < -0.4 is 24.8 Å². The number of amides is 1. The van der Waals surface area contributed by atoms with Crippen LogP contribution in [0.3, 0.4) is 0 Å². The fourth-order valence-corrected chi connectivity index (χ4v) is 2.95. The van der Waals surface area contributed by atoms with Gasteiger partial charge < -0.3 is 24.8 Å². The Hall–Kier alpha value is -2.73. The lowest BCUT2D eigenvalue weighted by atomic mass is 10.1. The van der Waals surface area contributed by atoms with Crippen LogP contribution in [-0.2, 0) is 4.79 Å².